The van der Waals surface area contributed by atoms with Crippen molar-refractivity contribution in [2.24, 2.45) is 5.92 Å². The van der Waals surface area contributed by atoms with Crippen molar-refractivity contribution in [3.8, 4) is 5.75 Å². The van der Waals surface area contributed by atoms with E-state index >= 15 is 0 Å². The van der Waals surface area contributed by atoms with E-state index in [9.17, 15) is 9.59 Å². The van der Waals surface area contributed by atoms with Crippen LogP contribution in [-0.2, 0) is 4.79 Å². The number of ether oxygens (including phenoxy) is 1. The van der Waals surface area contributed by atoms with Gasteiger partial charge in [0.2, 0.25) is 0 Å². The van der Waals surface area contributed by atoms with Gasteiger partial charge >= 0.3 is 12.0 Å². The summed E-state index contributed by atoms with van der Waals surface area (Å²) >= 11 is 0. The number of carboxylic acid groups (broad SMARTS) is 1. The van der Waals surface area contributed by atoms with Crippen LogP contribution in [0.15, 0.2) is 24.3 Å². The quantitative estimate of drug-likeness (QED) is 0.741. The van der Waals surface area contributed by atoms with Crippen molar-refractivity contribution in [3.63, 3.8) is 0 Å². The zero-order valence-corrected chi connectivity index (χ0v) is 14.2. The molecule has 1 aliphatic carbocycles. The lowest BCUT2D eigenvalue weighted by Gasteiger charge is -2.26. The fourth-order valence-electron chi connectivity index (χ4n) is 2.77. The molecule has 0 radical (unpaired) electrons. The van der Waals surface area contributed by atoms with Crippen molar-refractivity contribution < 1.29 is 19.4 Å². The van der Waals surface area contributed by atoms with Gasteiger partial charge in [0, 0.05) is 11.7 Å². The molecule has 0 heterocycles. The molecule has 0 aromatic heterocycles. The Labute approximate surface area is 142 Å². The van der Waals surface area contributed by atoms with Crippen molar-refractivity contribution >= 4 is 17.7 Å². The van der Waals surface area contributed by atoms with Crippen LogP contribution in [0.1, 0.15) is 46.0 Å². The number of carbonyl (C=O) groups is 2. The molecular weight excluding hydrogens is 308 g/mol. The van der Waals surface area contributed by atoms with E-state index in [0.717, 1.165) is 12.2 Å². The fourth-order valence-corrected chi connectivity index (χ4v) is 2.77. The number of urea groups is 1. The summed E-state index contributed by atoms with van der Waals surface area (Å²) in [5, 5.41) is 14.7. The first-order valence-electron chi connectivity index (χ1n) is 8.55. The Kier molecular flexibility index (Phi) is 6.46. The van der Waals surface area contributed by atoms with Gasteiger partial charge in [0.05, 0.1) is 12.0 Å². The number of aliphatic carboxylic acids is 1. The van der Waals surface area contributed by atoms with Gasteiger partial charge in [-0.1, -0.05) is 6.92 Å². The lowest BCUT2D eigenvalue weighted by atomic mass is 9.86. The molecule has 2 amide bonds. The molecule has 0 spiro atoms. The minimum absolute atomic E-state index is 0.0358. The second kappa shape index (κ2) is 8.57. The molecule has 1 fully saturated rings. The third-order valence-corrected chi connectivity index (χ3v) is 4.44. The second-order valence-electron chi connectivity index (χ2n) is 6.35. The van der Waals surface area contributed by atoms with Gasteiger partial charge in [-0.25, -0.2) is 4.79 Å². The number of hydrogen-bond acceptors (Lipinski definition) is 3. The van der Waals surface area contributed by atoms with Crippen LogP contribution >= 0.6 is 0 Å². The molecular formula is C18H26N2O4. The smallest absolute Gasteiger partial charge is 0.319 e. The first kappa shape index (κ1) is 18.1. The summed E-state index contributed by atoms with van der Waals surface area (Å²) in [5.41, 5.74) is 0.697. The van der Waals surface area contributed by atoms with Crippen LogP contribution in [0.5, 0.6) is 5.75 Å². The van der Waals surface area contributed by atoms with E-state index in [1.807, 2.05) is 19.1 Å². The molecule has 2 rings (SSSR count). The lowest BCUT2D eigenvalue weighted by molar-refractivity contribution is -0.142. The van der Waals surface area contributed by atoms with Gasteiger partial charge in [-0.15, -0.1) is 0 Å². The van der Waals surface area contributed by atoms with E-state index in [4.69, 9.17) is 9.84 Å². The van der Waals surface area contributed by atoms with E-state index < -0.39 is 5.97 Å². The van der Waals surface area contributed by atoms with Crippen LogP contribution in [0, 0.1) is 5.92 Å². The highest BCUT2D eigenvalue weighted by Crippen LogP contribution is 2.24. The standard InChI is InChI=1S/C18H26N2O4/c1-3-12(2)24-16-10-8-15(9-11-16)20-18(23)19-14-6-4-13(5-7-14)17(21)22/h8-14H,3-7H2,1-2H3,(H,21,22)(H2,19,20,23). The summed E-state index contributed by atoms with van der Waals surface area (Å²) in [4.78, 5) is 23.0. The second-order valence-corrected chi connectivity index (χ2v) is 6.35. The first-order chi connectivity index (χ1) is 11.5. The van der Waals surface area contributed by atoms with Crippen LogP contribution in [0.2, 0.25) is 0 Å². The van der Waals surface area contributed by atoms with Gasteiger partial charge in [0.15, 0.2) is 0 Å². The highest BCUT2D eigenvalue weighted by atomic mass is 16.5. The molecule has 1 saturated carbocycles. The molecule has 132 valence electrons. The van der Waals surface area contributed by atoms with Gasteiger partial charge in [0.25, 0.3) is 0 Å². The number of anilines is 1. The molecule has 0 saturated heterocycles. The van der Waals surface area contributed by atoms with Gasteiger partial charge in [-0.3, -0.25) is 4.79 Å². The largest absolute Gasteiger partial charge is 0.491 e. The molecule has 6 nitrogen and oxygen atoms in total. The molecule has 3 N–H and O–H groups in total. The molecule has 24 heavy (non-hydrogen) atoms. The van der Waals surface area contributed by atoms with Crippen molar-refractivity contribution in [3.05, 3.63) is 24.3 Å². The van der Waals surface area contributed by atoms with Crippen LogP contribution in [0.4, 0.5) is 10.5 Å². The average Bonchev–Trinajstić information content (AvgIpc) is 2.57. The summed E-state index contributed by atoms with van der Waals surface area (Å²) in [5.74, 6) is -0.232. The Balaban J connectivity index is 1.77. The number of carboxylic acids is 1. The monoisotopic (exact) mass is 334 g/mol. The molecule has 6 heteroatoms. The van der Waals surface area contributed by atoms with E-state index in [1.165, 1.54) is 0 Å². The number of hydrogen-bond donors (Lipinski definition) is 3. The summed E-state index contributed by atoms with van der Waals surface area (Å²) < 4.78 is 5.70. The Morgan fingerprint density at radius 3 is 2.38 bits per heavy atom. The van der Waals surface area contributed by atoms with E-state index in [1.54, 1.807) is 12.1 Å². The number of rotatable bonds is 6. The Morgan fingerprint density at radius 1 is 1.21 bits per heavy atom. The predicted molar refractivity (Wildman–Crippen MR) is 92.4 cm³/mol. The van der Waals surface area contributed by atoms with E-state index in [2.05, 4.69) is 17.6 Å². The van der Waals surface area contributed by atoms with E-state index in [-0.39, 0.29) is 24.1 Å². The number of nitrogens with one attached hydrogen (secondary N) is 2. The molecule has 1 aromatic carbocycles. The first-order valence-corrected chi connectivity index (χ1v) is 8.55. The van der Waals surface area contributed by atoms with Crippen LogP contribution < -0.4 is 15.4 Å². The van der Waals surface area contributed by atoms with Crippen LogP contribution in [0.3, 0.4) is 0 Å². The summed E-state index contributed by atoms with van der Waals surface area (Å²) in [6.45, 7) is 4.08. The zero-order chi connectivity index (χ0) is 17.5. The Bertz CT molecular complexity index is 551. The predicted octanol–water partition coefficient (Wildman–Crippen LogP) is 3.63. The molecule has 0 bridgehead atoms. The molecule has 1 atom stereocenters. The Hall–Kier alpha value is -2.24. The maximum Gasteiger partial charge on any atom is 0.319 e. The van der Waals surface area contributed by atoms with Gasteiger partial charge in [-0.2, -0.15) is 0 Å². The maximum atomic E-state index is 12.0. The van der Waals surface area contributed by atoms with Gasteiger partial charge in [-0.05, 0) is 63.3 Å². The SMILES string of the molecule is CCC(C)Oc1ccc(NC(=O)NC2CCC(C(=O)O)CC2)cc1. The topological polar surface area (TPSA) is 87.7 Å². The third kappa shape index (κ3) is 5.44. The summed E-state index contributed by atoms with van der Waals surface area (Å²) in [7, 11) is 0. The normalized spacial score (nSPS) is 21.6. The van der Waals surface area contributed by atoms with Gasteiger partial charge in [0.1, 0.15) is 5.75 Å². The average molecular weight is 334 g/mol. The summed E-state index contributed by atoms with van der Waals surface area (Å²) in [6.07, 6.45) is 3.72. The highest BCUT2D eigenvalue weighted by Gasteiger charge is 2.26. The molecule has 1 aliphatic rings. The summed E-state index contributed by atoms with van der Waals surface area (Å²) in [6, 6.07) is 7.05. The van der Waals surface area contributed by atoms with Crippen molar-refractivity contribution in [2.45, 2.75) is 58.1 Å². The van der Waals surface area contributed by atoms with Crippen molar-refractivity contribution in [1.82, 2.24) is 5.32 Å². The molecule has 1 aromatic rings. The highest BCUT2D eigenvalue weighted by molar-refractivity contribution is 5.89. The minimum Gasteiger partial charge on any atom is -0.491 e. The minimum atomic E-state index is -0.738. The Morgan fingerprint density at radius 2 is 1.83 bits per heavy atom. The van der Waals surface area contributed by atoms with Crippen LogP contribution in [-0.4, -0.2) is 29.3 Å². The lowest BCUT2D eigenvalue weighted by Crippen LogP contribution is -2.40. The van der Waals surface area contributed by atoms with Crippen LogP contribution in [0.25, 0.3) is 0 Å². The fraction of sp³-hybridized carbons (Fsp3) is 0.556. The zero-order valence-electron chi connectivity index (χ0n) is 14.2. The number of benzene rings is 1. The number of amides is 2. The third-order valence-electron chi connectivity index (χ3n) is 4.44. The van der Waals surface area contributed by atoms with Crippen molar-refractivity contribution in [2.75, 3.05) is 5.32 Å². The van der Waals surface area contributed by atoms with Gasteiger partial charge < -0.3 is 20.5 Å². The van der Waals surface area contributed by atoms with Crippen molar-refractivity contribution in [1.29, 1.82) is 0 Å². The number of carbonyl (C=O) groups excluding carboxylic acids is 1. The molecule has 1 unspecified atom stereocenters. The molecule has 0 aliphatic heterocycles. The maximum absolute atomic E-state index is 12.0. The van der Waals surface area contributed by atoms with E-state index in [0.29, 0.717) is 31.4 Å².